The fourth-order valence-electron chi connectivity index (χ4n) is 4.36. The number of likely N-dealkylation sites (N-methyl/N-ethyl adjacent to an activating group) is 1. The van der Waals surface area contributed by atoms with Crippen molar-refractivity contribution in [1.29, 1.82) is 0 Å². The van der Waals surface area contributed by atoms with Gasteiger partial charge in [0.15, 0.2) is 5.13 Å². The molecule has 11 heteroatoms. The average Bonchev–Trinajstić information content (AvgIpc) is 3.24. The van der Waals surface area contributed by atoms with Gasteiger partial charge in [-0.2, -0.15) is 0 Å². The van der Waals surface area contributed by atoms with Crippen molar-refractivity contribution in [3.8, 4) is 0 Å². The Bertz CT molecular complexity index is 997. The minimum absolute atomic E-state index is 0.143. The summed E-state index contributed by atoms with van der Waals surface area (Å²) in [6.07, 6.45) is 5.81. The molecule has 0 spiro atoms. The zero-order valence-corrected chi connectivity index (χ0v) is 19.7. The lowest BCUT2D eigenvalue weighted by atomic mass is 9.88. The van der Waals surface area contributed by atoms with Gasteiger partial charge in [-0.25, -0.2) is 17.8 Å². The van der Waals surface area contributed by atoms with Crippen molar-refractivity contribution < 1.29 is 12.8 Å². The van der Waals surface area contributed by atoms with E-state index in [1.54, 1.807) is 5.38 Å². The van der Waals surface area contributed by atoms with E-state index in [9.17, 15) is 12.8 Å². The molecule has 2 heterocycles. The summed E-state index contributed by atoms with van der Waals surface area (Å²) >= 11 is 7.52. The standard InChI is InChI=1S/C20H27ClFN5O2S2/c1-26-7-9-27(10-8-26)18-5-3-2-4-16(18)24-17-13-15(22)19(12-14(17)21)31(28,29)25-20-23-6-11-30-20/h6,11-13,16,18,24H,2-5,7-10H2,1H3,(H,23,25)/t16-,18-/m0/s1. The molecule has 1 saturated heterocycles. The molecule has 1 aromatic carbocycles. The topological polar surface area (TPSA) is 77.6 Å². The van der Waals surface area contributed by atoms with Gasteiger partial charge in [-0.15, -0.1) is 11.3 Å². The van der Waals surface area contributed by atoms with E-state index in [-0.39, 0.29) is 16.2 Å². The molecule has 0 bridgehead atoms. The first-order valence-corrected chi connectivity index (χ1v) is 13.2. The number of sulfonamides is 1. The fourth-order valence-corrected chi connectivity index (χ4v) is 6.52. The molecule has 2 fully saturated rings. The van der Waals surface area contributed by atoms with E-state index in [0.717, 1.165) is 56.8 Å². The van der Waals surface area contributed by atoms with E-state index in [0.29, 0.717) is 11.7 Å². The van der Waals surface area contributed by atoms with Crippen LogP contribution < -0.4 is 10.0 Å². The van der Waals surface area contributed by atoms with E-state index >= 15 is 0 Å². The van der Waals surface area contributed by atoms with Gasteiger partial charge in [0.2, 0.25) is 0 Å². The molecule has 0 unspecified atom stereocenters. The predicted octanol–water partition coefficient (Wildman–Crippen LogP) is 3.71. The maximum absolute atomic E-state index is 14.9. The van der Waals surface area contributed by atoms with Crippen LogP contribution in [0.15, 0.2) is 28.6 Å². The largest absolute Gasteiger partial charge is 0.379 e. The van der Waals surface area contributed by atoms with Crippen LogP contribution >= 0.6 is 22.9 Å². The highest BCUT2D eigenvalue weighted by Gasteiger charge is 2.32. The molecule has 2 atom stereocenters. The van der Waals surface area contributed by atoms with Gasteiger partial charge in [-0.05, 0) is 32.0 Å². The molecular formula is C20H27ClFN5O2S2. The van der Waals surface area contributed by atoms with Crippen LogP contribution in [0, 0.1) is 5.82 Å². The number of nitrogens with zero attached hydrogens (tertiary/aromatic N) is 3. The second-order valence-corrected chi connectivity index (χ2v) is 11.1. The molecule has 7 nitrogen and oxygen atoms in total. The van der Waals surface area contributed by atoms with Crippen LogP contribution in [0.25, 0.3) is 0 Å². The van der Waals surface area contributed by atoms with Crippen LogP contribution in [0.4, 0.5) is 15.2 Å². The number of halogens is 2. The smallest absolute Gasteiger partial charge is 0.266 e. The van der Waals surface area contributed by atoms with Crippen LogP contribution in [-0.4, -0.2) is 68.5 Å². The molecular weight excluding hydrogens is 461 g/mol. The number of rotatable bonds is 6. The first-order valence-electron chi connectivity index (χ1n) is 10.4. The second-order valence-electron chi connectivity index (χ2n) is 8.15. The van der Waals surface area contributed by atoms with Gasteiger partial charge in [0.25, 0.3) is 10.0 Å². The summed E-state index contributed by atoms with van der Waals surface area (Å²) in [5, 5.41) is 5.41. The van der Waals surface area contributed by atoms with Crippen molar-refractivity contribution in [2.45, 2.75) is 42.7 Å². The highest BCUT2D eigenvalue weighted by atomic mass is 35.5. The van der Waals surface area contributed by atoms with Crippen LogP contribution in [0.5, 0.6) is 0 Å². The SMILES string of the molecule is CN1CCN([C@H]2CCCC[C@@H]2Nc2cc(F)c(S(=O)(=O)Nc3nccs3)cc2Cl)CC1. The van der Waals surface area contributed by atoms with Crippen LogP contribution in [0.2, 0.25) is 5.02 Å². The van der Waals surface area contributed by atoms with E-state index < -0.39 is 20.7 Å². The minimum Gasteiger partial charge on any atom is -0.379 e. The predicted molar refractivity (Wildman–Crippen MR) is 123 cm³/mol. The normalized spacial score (nSPS) is 23.6. The molecule has 0 amide bonds. The van der Waals surface area contributed by atoms with Gasteiger partial charge in [-0.1, -0.05) is 24.4 Å². The first-order chi connectivity index (χ1) is 14.8. The number of aromatic nitrogens is 1. The average molecular weight is 488 g/mol. The number of nitrogens with one attached hydrogen (secondary N) is 2. The maximum Gasteiger partial charge on any atom is 0.266 e. The number of hydrogen-bond donors (Lipinski definition) is 2. The third kappa shape index (κ3) is 5.31. The van der Waals surface area contributed by atoms with Crippen molar-refractivity contribution in [3.05, 3.63) is 34.5 Å². The third-order valence-electron chi connectivity index (χ3n) is 6.04. The molecule has 1 saturated carbocycles. The van der Waals surface area contributed by atoms with Crippen molar-refractivity contribution in [2.24, 2.45) is 0 Å². The minimum atomic E-state index is -4.12. The van der Waals surface area contributed by atoms with E-state index in [1.807, 2.05) is 0 Å². The summed E-state index contributed by atoms with van der Waals surface area (Å²) < 4.78 is 42.3. The number of anilines is 2. The summed E-state index contributed by atoms with van der Waals surface area (Å²) in [7, 11) is -1.99. The molecule has 4 rings (SSSR count). The van der Waals surface area contributed by atoms with Gasteiger partial charge in [0.1, 0.15) is 10.7 Å². The number of benzene rings is 1. The molecule has 1 aromatic heterocycles. The Morgan fingerprint density at radius 1 is 1.19 bits per heavy atom. The van der Waals surface area contributed by atoms with Crippen molar-refractivity contribution in [2.75, 3.05) is 43.3 Å². The number of thiazole rings is 1. The molecule has 2 aromatic rings. The van der Waals surface area contributed by atoms with Crippen LogP contribution in [0.1, 0.15) is 25.7 Å². The summed E-state index contributed by atoms with van der Waals surface area (Å²) in [5.41, 5.74) is 0.429. The van der Waals surface area contributed by atoms with Crippen LogP contribution in [-0.2, 0) is 10.0 Å². The number of piperazine rings is 1. The zero-order valence-electron chi connectivity index (χ0n) is 17.4. The van der Waals surface area contributed by atoms with Gasteiger partial charge in [0.05, 0.1) is 10.7 Å². The maximum atomic E-state index is 14.9. The Labute approximate surface area is 191 Å². The fraction of sp³-hybridized carbons (Fsp3) is 0.550. The van der Waals surface area contributed by atoms with Crippen LogP contribution in [0.3, 0.4) is 0 Å². The van der Waals surface area contributed by atoms with Crippen molar-refractivity contribution in [1.82, 2.24) is 14.8 Å². The summed E-state index contributed by atoms with van der Waals surface area (Å²) in [4.78, 5) is 8.23. The monoisotopic (exact) mass is 487 g/mol. The van der Waals surface area contributed by atoms with Crippen molar-refractivity contribution >= 4 is 43.8 Å². The van der Waals surface area contributed by atoms with Gasteiger partial charge in [0, 0.05) is 49.8 Å². The van der Waals surface area contributed by atoms with Gasteiger partial charge in [-0.3, -0.25) is 9.62 Å². The molecule has 0 radical (unpaired) electrons. The van der Waals surface area contributed by atoms with Gasteiger partial charge < -0.3 is 10.2 Å². The lowest BCUT2D eigenvalue weighted by Crippen LogP contribution is -2.55. The van der Waals surface area contributed by atoms with E-state index in [2.05, 4.69) is 31.9 Å². The third-order valence-corrected chi connectivity index (χ3v) is 8.53. The molecule has 2 aliphatic rings. The molecule has 170 valence electrons. The van der Waals surface area contributed by atoms with E-state index in [4.69, 9.17) is 11.6 Å². The lowest BCUT2D eigenvalue weighted by molar-refractivity contribution is 0.0845. The molecule has 2 N–H and O–H groups in total. The zero-order chi connectivity index (χ0) is 22.0. The van der Waals surface area contributed by atoms with Gasteiger partial charge >= 0.3 is 0 Å². The highest BCUT2D eigenvalue weighted by Crippen LogP contribution is 2.33. The highest BCUT2D eigenvalue weighted by molar-refractivity contribution is 7.93. The first kappa shape index (κ1) is 22.7. The Kier molecular flexibility index (Phi) is 7.02. The summed E-state index contributed by atoms with van der Waals surface area (Å²) in [6, 6.07) is 2.86. The Balaban J connectivity index is 1.52. The Morgan fingerprint density at radius 3 is 2.65 bits per heavy atom. The quantitative estimate of drug-likeness (QED) is 0.646. The Hall–Kier alpha value is -1.46. The molecule has 1 aliphatic heterocycles. The Morgan fingerprint density at radius 2 is 1.94 bits per heavy atom. The van der Waals surface area contributed by atoms with Crippen molar-refractivity contribution in [3.63, 3.8) is 0 Å². The molecule has 1 aliphatic carbocycles. The molecule has 31 heavy (non-hydrogen) atoms. The van der Waals surface area contributed by atoms with E-state index in [1.165, 1.54) is 24.8 Å². The summed E-state index contributed by atoms with van der Waals surface area (Å²) in [6.45, 7) is 4.11. The second kappa shape index (κ2) is 9.58. The summed E-state index contributed by atoms with van der Waals surface area (Å²) in [5.74, 6) is -0.845. The number of hydrogen-bond acceptors (Lipinski definition) is 7. The lowest BCUT2D eigenvalue weighted by Gasteiger charge is -2.44.